The number of nitriles is 1. The van der Waals surface area contributed by atoms with Crippen LogP contribution in [0.15, 0.2) is 31.8 Å². The van der Waals surface area contributed by atoms with E-state index in [1.165, 1.54) is 41.8 Å². The summed E-state index contributed by atoms with van der Waals surface area (Å²) in [6, 6.07) is 7.11. The highest BCUT2D eigenvalue weighted by Crippen LogP contribution is 2.35. The summed E-state index contributed by atoms with van der Waals surface area (Å²) in [4.78, 5) is 12.3. The SMILES string of the molecule is CSc1nnc(Sc2cc(C#N)ccc2C(C)=O)s1. The molecule has 0 spiro atoms. The van der Waals surface area contributed by atoms with Gasteiger partial charge in [0, 0.05) is 10.5 Å². The topological polar surface area (TPSA) is 66.6 Å². The fourth-order valence-corrected chi connectivity index (χ4v) is 4.00. The summed E-state index contributed by atoms with van der Waals surface area (Å²) in [5, 5.41) is 17.0. The van der Waals surface area contributed by atoms with Crippen molar-refractivity contribution in [2.75, 3.05) is 6.26 Å². The minimum atomic E-state index is -0.0263. The van der Waals surface area contributed by atoms with Gasteiger partial charge in [-0.25, -0.2) is 0 Å². The fourth-order valence-electron chi connectivity index (χ4n) is 1.38. The normalized spacial score (nSPS) is 10.2. The van der Waals surface area contributed by atoms with Gasteiger partial charge in [0.25, 0.3) is 0 Å². The van der Waals surface area contributed by atoms with Crippen LogP contribution in [0.3, 0.4) is 0 Å². The van der Waals surface area contributed by atoms with Crippen LogP contribution in [0.5, 0.6) is 0 Å². The van der Waals surface area contributed by atoms with Gasteiger partial charge in [-0.1, -0.05) is 34.9 Å². The molecule has 0 fully saturated rings. The van der Waals surface area contributed by atoms with Crippen LogP contribution < -0.4 is 0 Å². The quantitative estimate of drug-likeness (QED) is 0.636. The molecular formula is C12H9N3OS3. The number of benzene rings is 1. The number of nitrogens with zero attached hydrogens (tertiary/aromatic N) is 3. The lowest BCUT2D eigenvalue weighted by Crippen LogP contribution is -1.95. The molecular weight excluding hydrogens is 298 g/mol. The van der Waals surface area contributed by atoms with Crippen LogP contribution in [-0.2, 0) is 0 Å². The average Bonchev–Trinajstić information content (AvgIpc) is 2.86. The van der Waals surface area contributed by atoms with Gasteiger partial charge in [-0.3, -0.25) is 4.79 Å². The molecule has 2 rings (SSSR count). The van der Waals surface area contributed by atoms with Crippen LogP contribution in [0.1, 0.15) is 22.8 Å². The van der Waals surface area contributed by atoms with Gasteiger partial charge < -0.3 is 0 Å². The maximum absolute atomic E-state index is 11.6. The summed E-state index contributed by atoms with van der Waals surface area (Å²) in [5.74, 6) is -0.0263. The van der Waals surface area contributed by atoms with E-state index in [-0.39, 0.29) is 5.78 Å². The Bertz CT molecular complexity index is 660. The molecule has 1 aromatic heterocycles. The summed E-state index contributed by atoms with van der Waals surface area (Å²) in [5.41, 5.74) is 1.13. The predicted octanol–water partition coefficient (Wildman–Crippen LogP) is 3.49. The standard InChI is InChI=1S/C12H9N3OS3/c1-7(16)9-4-3-8(6-13)5-10(9)18-12-15-14-11(17-2)19-12/h3-5H,1-2H3. The Hall–Kier alpha value is -1.36. The molecule has 0 radical (unpaired) electrons. The predicted molar refractivity (Wildman–Crippen MR) is 77.0 cm³/mol. The number of carbonyl (C=O) groups excluding carboxylic acids is 1. The number of hydrogen-bond donors (Lipinski definition) is 0. The van der Waals surface area contributed by atoms with Crippen molar-refractivity contribution in [1.29, 1.82) is 5.26 Å². The first-order valence-corrected chi connectivity index (χ1v) is 8.10. The molecule has 2 aromatic rings. The minimum absolute atomic E-state index is 0.0263. The zero-order valence-corrected chi connectivity index (χ0v) is 12.7. The lowest BCUT2D eigenvalue weighted by atomic mass is 10.1. The smallest absolute Gasteiger partial charge is 0.179 e. The van der Waals surface area contributed by atoms with Crippen LogP contribution in [0, 0.1) is 11.3 Å². The maximum atomic E-state index is 11.6. The molecule has 0 unspecified atom stereocenters. The second-order valence-electron chi connectivity index (χ2n) is 3.52. The van der Waals surface area contributed by atoms with E-state index in [0.29, 0.717) is 11.1 Å². The molecule has 1 heterocycles. The molecule has 0 aliphatic rings. The van der Waals surface area contributed by atoms with Gasteiger partial charge >= 0.3 is 0 Å². The van der Waals surface area contributed by atoms with E-state index >= 15 is 0 Å². The first-order chi connectivity index (χ1) is 9.13. The highest BCUT2D eigenvalue weighted by Gasteiger charge is 2.12. The summed E-state index contributed by atoms with van der Waals surface area (Å²) < 4.78 is 1.64. The number of thioether (sulfide) groups is 1. The van der Waals surface area contributed by atoms with Gasteiger partial charge in [-0.15, -0.1) is 10.2 Å². The van der Waals surface area contributed by atoms with E-state index in [0.717, 1.165) is 13.6 Å². The third-order valence-electron chi connectivity index (χ3n) is 2.25. The molecule has 0 aliphatic heterocycles. The molecule has 7 heteroatoms. The van der Waals surface area contributed by atoms with Gasteiger partial charge in [0.15, 0.2) is 14.5 Å². The van der Waals surface area contributed by atoms with Crippen LogP contribution in [0.4, 0.5) is 0 Å². The number of ketones is 1. The fraction of sp³-hybridized carbons (Fsp3) is 0.167. The first kappa shape index (κ1) is 14.1. The third kappa shape index (κ3) is 3.35. The highest BCUT2D eigenvalue weighted by molar-refractivity contribution is 8.03. The van der Waals surface area contributed by atoms with Crippen LogP contribution >= 0.6 is 34.9 Å². The Morgan fingerprint density at radius 1 is 1.37 bits per heavy atom. The molecule has 19 heavy (non-hydrogen) atoms. The van der Waals surface area contributed by atoms with Crippen molar-refractivity contribution >= 4 is 40.6 Å². The lowest BCUT2D eigenvalue weighted by Gasteiger charge is -2.04. The second-order valence-corrected chi connectivity index (χ2v) is 6.84. The van der Waals surface area contributed by atoms with Gasteiger partial charge in [0.2, 0.25) is 0 Å². The average molecular weight is 307 g/mol. The van der Waals surface area contributed by atoms with E-state index in [1.807, 2.05) is 6.26 Å². The largest absolute Gasteiger partial charge is 0.294 e. The van der Waals surface area contributed by atoms with E-state index in [1.54, 1.807) is 18.2 Å². The van der Waals surface area contributed by atoms with E-state index in [2.05, 4.69) is 16.3 Å². The van der Waals surface area contributed by atoms with Crippen molar-refractivity contribution in [2.24, 2.45) is 0 Å². The zero-order chi connectivity index (χ0) is 13.8. The Morgan fingerprint density at radius 2 is 2.11 bits per heavy atom. The molecule has 0 atom stereocenters. The third-order valence-corrected chi connectivity index (χ3v) is 5.26. The molecule has 0 saturated carbocycles. The molecule has 0 bridgehead atoms. The summed E-state index contributed by atoms with van der Waals surface area (Å²) >= 11 is 4.37. The van der Waals surface area contributed by atoms with Crippen LogP contribution in [-0.4, -0.2) is 22.2 Å². The Morgan fingerprint density at radius 3 is 2.68 bits per heavy atom. The Labute approximate surface area is 123 Å². The molecule has 4 nitrogen and oxygen atoms in total. The zero-order valence-electron chi connectivity index (χ0n) is 10.2. The molecule has 0 N–H and O–H groups in total. The van der Waals surface area contributed by atoms with Crippen molar-refractivity contribution in [1.82, 2.24) is 10.2 Å². The van der Waals surface area contributed by atoms with Gasteiger partial charge in [-0.2, -0.15) is 5.26 Å². The highest BCUT2D eigenvalue weighted by atomic mass is 32.2. The lowest BCUT2D eigenvalue weighted by molar-refractivity contribution is 0.101. The van der Waals surface area contributed by atoms with Crippen molar-refractivity contribution < 1.29 is 4.79 Å². The molecule has 1 aromatic carbocycles. The van der Waals surface area contributed by atoms with E-state index in [4.69, 9.17) is 5.26 Å². The number of carbonyl (C=O) groups is 1. The number of hydrogen-bond acceptors (Lipinski definition) is 7. The monoisotopic (exact) mass is 307 g/mol. The summed E-state index contributed by atoms with van der Waals surface area (Å²) in [6.45, 7) is 1.51. The van der Waals surface area contributed by atoms with Crippen molar-refractivity contribution in [2.45, 2.75) is 20.5 Å². The molecule has 0 amide bonds. The van der Waals surface area contributed by atoms with Crippen molar-refractivity contribution in [3.63, 3.8) is 0 Å². The number of Topliss-reactive ketones (excluding diaryl/α,β-unsaturated/α-hetero) is 1. The van der Waals surface area contributed by atoms with Gasteiger partial charge in [-0.05, 0) is 31.4 Å². The van der Waals surface area contributed by atoms with Crippen LogP contribution in [0.2, 0.25) is 0 Å². The van der Waals surface area contributed by atoms with Gasteiger partial charge in [0.05, 0.1) is 11.6 Å². The van der Waals surface area contributed by atoms with E-state index < -0.39 is 0 Å². The van der Waals surface area contributed by atoms with Crippen molar-refractivity contribution in [3.8, 4) is 6.07 Å². The van der Waals surface area contributed by atoms with Crippen molar-refractivity contribution in [3.05, 3.63) is 29.3 Å². The summed E-state index contributed by atoms with van der Waals surface area (Å²) in [7, 11) is 0. The Balaban J connectivity index is 2.37. The number of aromatic nitrogens is 2. The second kappa shape index (κ2) is 6.19. The minimum Gasteiger partial charge on any atom is -0.294 e. The molecule has 96 valence electrons. The first-order valence-electron chi connectivity index (χ1n) is 5.24. The summed E-state index contributed by atoms with van der Waals surface area (Å²) in [6.07, 6.45) is 1.94. The maximum Gasteiger partial charge on any atom is 0.179 e. The number of rotatable bonds is 4. The van der Waals surface area contributed by atoms with E-state index in [9.17, 15) is 4.79 Å². The van der Waals surface area contributed by atoms with Gasteiger partial charge in [0.1, 0.15) is 0 Å². The molecule has 0 saturated heterocycles. The Kier molecular flexibility index (Phi) is 4.58. The van der Waals surface area contributed by atoms with Crippen LogP contribution in [0.25, 0.3) is 0 Å². The molecule has 0 aliphatic carbocycles.